The fourth-order valence-electron chi connectivity index (χ4n) is 6.24. The number of allylic oxidation sites excluding steroid dienone is 2. The van der Waals surface area contributed by atoms with E-state index < -0.39 is 6.10 Å². The number of hydrogen-bond donors (Lipinski definition) is 2. The number of carbonyl (C=O) groups excluding carboxylic acids is 2. The van der Waals surface area contributed by atoms with Crippen molar-refractivity contribution in [2.45, 2.75) is 76.7 Å². The van der Waals surface area contributed by atoms with Crippen LogP contribution in [0.3, 0.4) is 0 Å². The highest BCUT2D eigenvalue weighted by Gasteiger charge is 2.35. The number of benzene rings is 2. The number of unbranched alkanes of at least 4 members (excludes halogenated alkanes) is 1. The minimum atomic E-state index is -0.788. The van der Waals surface area contributed by atoms with Crippen LogP contribution in [0.4, 0.5) is 0 Å². The van der Waals surface area contributed by atoms with Crippen molar-refractivity contribution in [2.75, 3.05) is 26.7 Å². The van der Waals surface area contributed by atoms with E-state index >= 15 is 0 Å². The first-order valence-corrected chi connectivity index (χ1v) is 15.0. The standard InChI is InChI=1S/C34H45NO5/c1-40-29-19-15-26(16-20-29)32(37)10-4-5-11-33(38)30(21-12-25-8-2-3-9-25)31(24-35-22-6-7-23-35)34(39)27-13-17-28(36)18-14-27/h8,13-20,30-31,34,36,39H,2-7,9-12,21-24H2,1H3/t30?,31-,34+/m0/s1. The second-order valence-electron chi connectivity index (χ2n) is 11.4. The lowest BCUT2D eigenvalue weighted by Crippen LogP contribution is -2.38. The Balaban J connectivity index is 1.43. The highest BCUT2D eigenvalue weighted by Crippen LogP contribution is 2.36. The molecule has 0 saturated carbocycles. The summed E-state index contributed by atoms with van der Waals surface area (Å²) in [5.74, 6) is 0.671. The summed E-state index contributed by atoms with van der Waals surface area (Å²) in [6.07, 6.45) is 11.0. The van der Waals surface area contributed by atoms with E-state index in [4.69, 9.17) is 4.74 Å². The van der Waals surface area contributed by atoms with Gasteiger partial charge < -0.3 is 19.8 Å². The van der Waals surface area contributed by atoms with Gasteiger partial charge in [-0.2, -0.15) is 0 Å². The molecule has 6 nitrogen and oxygen atoms in total. The molecule has 0 radical (unpaired) electrons. The molecule has 1 fully saturated rings. The molecule has 1 unspecified atom stereocenters. The van der Waals surface area contributed by atoms with Crippen molar-refractivity contribution in [1.82, 2.24) is 4.90 Å². The number of phenolic OH excluding ortho intramolecular Hbond substituents is 1. The van der Waals surface area contributed by atoms with Crippen molar-refractivity contribution < 1.29 is 24.5 Å². The maximum atomic E-state index is 13.9. The number of Topliss-reactive ketones (excluding diaryl/α,β-unsaturated/α-hetero) is 2. The Morgan fingerprint density at radius 3 is 2.30 bits per heavy atom. The summed E-state index contributed by atoms with van der Waals surface area (Å²) in [7, 11) is 1.60. The van der Waals surface area contributed by atoms with E-state index in [2.05, 4.69) is 11.0 Å². The van der Waals surface area contributed by atoms with Gasteiger partial charge in [-0.15, -0.1) is 0 Å². The van der Waals surface area contributed by atoms with Crippen molar-refractivity contribution in [3.05, 3.63) is 71.3 Å². The molecule has 2 aromatic rings. The van der Waals surface area contributed by atoms with Gasteiger partial charge in [0.05, 0.1) is 13.2 Å². The first-order chi connectivity index (χ1) is 19.4. The summed E-state index contributed by atoms with van der Waals surface area (Å²) < 4.78 is 5.18. The number of aliphatic hydroxyl groups excluding tert-OH is 1. The van der Waals surface area contributed by atoms with Crippen molar-refractivity contribution in [3.63, 3.8) is 0 Å². The van der Waals surface area contributed by atoms with Gasteiger partial charge in [-0.3, -0.25) is 9.59 Å². The molecular weight excluding hydrogens is 502 g/mol. The van der Waals surface area contributed by atoms with Crippen molar-refractivity contribution in [1.29, 1.82) is 0 Å². The lowest BCUT2D eigenvalue weighted by Gasteiger charge is -2.34. The van der Waals surface area contributed by atoms with E-state index in [0.717, 1.165) is 62.9 Å². The van der Waals surface area contributed by atoms with E-state index in [0.29, 0.717) is 37.8 Å². The predicted octanol–water partition coefficient (Wildman–Crippen LogP) is 6.67. The number of ether oxygens (including phenoxy) is 1. The van der Waals surface area contributed by atoms with Crippen LogP contribution in [0, 0.1) is 11.8 Å². The summed E-state index contributed by atoms with van der Waals surface area (Å²) in [5, 5.41) is 21.4. The smallest absolute Gasteiger partial charge is 0.162 e. The van der Waals surface area contributed by atoms with Crippen molar-refractivity contribution in [3.8, 4) is 11.5 Å². The molecule has 2 aliphatic rings. The molecule has 1 aliphatic carbocycles. The number of likely N-dealkylation sites (tertiary alicyclic amines) is 1. The molecule has 0 bridgehead atoms. The highest BCUT2D eigenvalue weighted by molar-refractivity contribution is 5.96. The summed E-state index contributed by atoms with van der Waals surface area (Å²) >= 11 is 0. The van der Waals surface area contributed by atoms with E-state index in [1.54, 1.807) is 55.6 Å². The molecule has 40 heavy (non-hydrogen) atoms. The Morgan fingerprint density at radius 2 is 1.65 bits per heavy atom. The fraction of sp³-hybridized carbons (Fsp3) is 0.529. The number of aliphatic hydroxyl groups is 1. The Kier molecular flexibility index (Phi) is 11.4. The van der Waals surface area contributed by atoms with Crippen LogP contribution < -0.4 is 4.74 Å². The van der Waals surface area contributed by atoms with E-state index in [9.17, 15) is 19.8 Å². The molecule has 1 aliphatic heterocycles. The zero-order valence-electron chi connectivity index (χ0n) is 23.9. The number of nitrogens with zero attached hydrogens (tertiary/aromatic N) is 1. The van der Waals surface area contributed by atoms with Gasteiger partial charge in [-0.05, 0) is 113 Å². The number of phenols is 1. The van der Waals surface area contributed by atoms with Gasteiger partial charge in [0.1, 0.15) is 17.3 Å². The molecule has 6 heteroatoms. The number of methoxy groups -OCH3 is 1. The van der Waals surface area contributed by atoms with Crippen LogP contribution in [0.2, 0.25) is 0 Å². The average Bonchev–Trinajstić information content (AvgIpc) is 3.69. The molecule has 0 spiro atoms. The maximum absolute atomic E-state index is 13.9. The Morgan fingerprint density at radius 1 is 0.950 bits per heavy atom. The quantitative estimate of drug-likeness (QED) is 0.139. The molecular formula is C34H45NO5. The molecule has 0 amide bonds. The summed E-state index contributed by atoms with van der Waals surface area (Å²) in [6, 6.07) is 13.9. The van der Waals surface area contributed by atoms with E-state index in [-0.39, 0.29) is 29.2 Å². The van der Waals surface area contributed by atoms with Gasteiger partial charge in [0.15, 0.2) is 5.78 Å². The van der Waals surface area contributed by atoms with Crippen molar-refractivity contribution in [2.24, 2.45) is 11.8 Å². The number of rotatable bonds is 16. The van der Waals surface area contributed by atoms with Crippen LogP contribution >= 0.6 is 0 Å². The summed E-state index contributed by atoms with van der Waals surface area (Å²) in [6.45, 7) is 2.68. The second kappa shape index (κ2) is 15.2. The third-order valence-electron chi connectivity index (χ3n) is 8.64. The normalized spacial score (nSPS) is 17.8. The second-order valence-corrected chi connectivity index (χ2v) is 11.4. The molecule has 2 N–H and O–H groups in total. The Labute approximate surface area is 239 Å². The average molecular weight is 548 g/mol. The van der Waals surface area contributed by atoms with Gasteiger partial charge >= 0.3 is 0 Å². The molecule has 1 saturated heterocycles. The Hall–Kier alpha value is -2.96. The van der Waals surface area contributed by atoms with Gasteiger partial charge in [0.2, 0.25) is 0 Å². The molecule has 4 rings (SSSR count). The lowest BCUT2D eigenvalue weighted by molar-refractivity contribution is -0.127. The third-order valence-corrected chi connectivity index (χ3v) is 8.64. The number of aromatic hydroxyl groups is 1. The topological polar surface area (TPSA) is 87.1 Å². The van der Waals surface area contributed by atoms with Gasteiger partial charge in [-0.25, -0.2) is 0 Å². The van der Waals surface area contributed by atoms with Gasteiger partial charge in [0.25, 0.3) is 0 Å². The first-order valence-electron chi connectivity index (χ1n) is 15.0. The monoisotopic (exact) mass is 547 g/mol. The zero-order chi connectivity index (χ0) is 28.3. The Bertz CT molecular complexity index is 1120. The molecule has 3 atom stereocenters. The van der Waals surface area contributed by atoms with Crippen LogP contribution in [0.15, 0.2) is 60.2 Å². The summed E-state index contributed by atoms with van der Waals surface area (Å²) in [5.41, 5.74) is 2.84. The van der Waals surface area contributed by atoms with E-state index in [1.165, 1.54) is 12.0 Å². The van der Waals surface area contributed by atoms with Crippen LogP contribution in [0.1, 0.15) is 92.7 Å². The molecule has 2 aromatic carbocycles. The summed E-state index contributed by atoms with van der Waals surface area (Å²) in [4.78, 5) is 28.9. The van der Waals surface area contributed by atoms with Crippen LogP contribution in [-0.2, 0) is 4.79 Å². The van der Waals surface area contributed by atoms with Crippen LogP contribution in [0.5, 0.6) is 11.5 Å². The maximum Gasteiger partial charge on any atom is 0.162 e. The lowest BCUT2D eigenvalue weighted by atomic mass is 9.77. The minimum Gasteiger partial charge on any atom is -0.508 e. The number of ketones is 2. The third kappa shape index (κ3) is 8.52. The molecule has 216 valence electrons. The zero-order valence-corrected chi connectivity index (χ0v) is 23.9. The van der Waals surface area contributed by atoms with Gasteiger partial charge in [0, 0.05) is 36.8 Å². The van der Waals surface area contributed by atoms with E-state index in [1.807, 2.05) is 0 Å². The fourth-order valence-corrected chi connectivity index (χ4v) is 6.24. The predicted molar refractivity (Wildman–Crippen MR) is 158 cm³/mol. The highest BCUT2D eigenvalue weighted by atomic mass is 16.5. The van der Waals surface area contributed by atoms with Crippen LogP contribution in [-0.4, -0.2) is 53.4 Å². The number of hydrogen-bond acceptors (Lipinski definition) is 6. The van der Waals surface area contributed by atoms with Gasteiger partial charge in [-0.1, -0.05) is 23.8 Å². The molecule has 0 aromatic heterocycles. The van der Waals surface area contributed by atoms with Crippen LogP contribution in [0.25, 0.3) is 0 Å². The largest absolute Gasteiger partial charge is 0.508 e. The van der Waals surface area contributed by atoms with Crippen molar-refractivity contribution >= 4 is 11.6 Å². The first kappa shape index (κ1) is 30.0. The SMILES string of the molecule is COc1ccc(C(=O)CCCCC(=O)C(CCC2=CCCC2)[C@H](CN2CCCC2)[C@H](O)c2ccc(O)cc2)cc1. The molecule has 1 heterocycles. The minimum absolute atomic E-state index is 0.0782. The number of carbonyl (C=O) groups is 2.